The Balaban J connectivity index is 1.94. The first-order chi connectivity index (χ1) is 10.2. The van der Waals surface area contributed by atoms with E-state index in [9.17, 15) is 0 Å². The van der Waals surface area contributed by atoms with Crippen LogP contribution in [0.2, 0.25) is 0 Å². The molecule has 1 N–H and O–H groups in total. The normalized spacial score (nSPS) is 10.6. The minimum atomic E-state index is 0.727. The second kappa shape index (κ2) is 5.61. The van der Waals surface area contributed by atoms with Crippen LogP contribution in [0.1, 0.15) is 5.56 Å². The SMILES string of the molecule is COc1ccc(Nc2nc3cc(C)ccc3s2)c(OC)c1. The minimum absolute atomic E-state index is 0.727. The number of methoxy groups -OCH3 is 2. The van der Waals surface area contributed by atoms with Crippen molar-refractivity contribution in [2.75, 3.05) is 19.5 Å². The molecule has 3 rings (SSSR count). The maximum atomic E-state index is 5.39. The van der Waals surface area contributed by atoms with Gasteiger partial charge in [0.1, 0.15) is 11.5 Å². The maximum Gasteiger partial charge on any atom is 0.188 e. The third-order valence-corrected chi connectivity index (χ3v) is 4.15. The van der Waals surface area contributed by atoms with Crippen LogP contribution in [0, 0.1) is 6.92 Å². The zero-order chi connectivity index (χ0) is 14.8. The lowest BCUT2D eigenvalue weighted by atomic mass is 10.2. The molecule has 1 aromatic heterocycles. The molecule has 0 atom stereocenters. The smallest absolute Gasteiger partial charge is 0.188 e. The van der Waals surface area contributed by atoms with Crippen LogP contribution in [-0.2, 0) is 0 Å². The van der Waals surface area contributed by atoms with E-state index in [0.717, 1.165) is 32.5 Å². The standard InChI is InChI=1S/C16H16N2O2S/c1-10-4-7-15-13(8-10)18-16(21-15)17-12-6-5-11(19-2)9-14(12)20-3/h4-9H,1-3H3,(H,17,18). The van der Waals surface area contributed by atoms with Crippen molar-refractivity contribution in [2.45, 2.75) is 6.92 Å². The average molecular weight is 300 g/mol. The molecule has 0 spiro atoms. The molecule has 0 amide bonds. The zero-order valence-corrected chi connectivity index (χ0v) is 13.0. The molecule has 0 aliphatic carbocycles. The Bertz CT molecular complexity index is 783. The van der Waals surface area contributed by atoms with Crippen LogP contribution in [0.5, 0.6) is 11.5 Å². The van der Waals surface area contributed by atoms with Crippen molar-refractivity contribution in [3.05, 3.63) is 42.0 Å². The fourth-order valence-electron chi connectivity index (χ4n) is 2.11. The predicted octanol–water partition coefficient (Wildman–Crippen LogP) is 4.37. The Morgan fingerprint density at radius 1 is 1.05 bits per heavy atom. The number of anilines is 2. The fourth-order valence-corrected chi connectivity index (χ4v) is 2.97. The van der Waals surface area contributed by atoms with E-state index < -0.39 is 0 Å². The average Bonchev–Trinajstić information content (AvgIpc) is 2.89. The number of rotatable bonds is 4. The van der Waals surface area contributed by atoms with Crippen molar-refractivity contribution >= 4 is 32.4 Å². The lowest BCUT2D eigenvalue weighted by Crippen LogP contribution is -1.95. The summed E-state index contributed by atoms with van der Waals surface area (Å²) >= 11 is 1.62. The van der Waals surface area contributed by atoms with Gasteiger partial charge in [-0.25, -0.2) is 4.98 Å². The Morgan fingerprint density at radius 3 is 2.67 bits per heavy atom. The summed E-state index contributed by atoms with van der Waals surface area (Å²) in [5.74, 6) is 1.49. The van der Waals surface area contributed by atoms with E-state index in [4.69, 9.17) is 9.47 Å². The molecule has 5 heteroatoms. The van der Waals surface area contributed by atoms with Gasteiger partial charge < -0.3 is 14.8 Å². The molecule has 4 nitrogen and oxygen atoms in total. The second-order valence-corrected chi connectivity index (χ2v) is 5.71. The van der Waals surface area contributed by atoms with Crippen molar-refractivity contribution < 1.29 is 9.47 Å². The van der Waals surface area contributed by atoms with Crippen molar-refractivity contribution in [1.82, 2.24) is 4.98 Å². The maximum absolute atomic E-state index is 5.39. The van der Waals surface area contributed by atoms with Gasteiger partial charge in [-0.3, -0.25) is 0 Å². The van der Waals surface area contributed by atoms with Gasteiger partial charge in [-0.2, -0.15) is 0 Å². The summed E-state index contributed by atoms with van der Waals surface area (Å²) in [6.45, 7) is 2.07. The quantitative estimate of drug-likeness (QED) is 0.777. The van der Waals surface area contributed by atoms with E-state index in [1.807, 2.05) is 18.2 Å². The lowest BCUT2D eigenvalue weighted by molar-refractivity contribution is 0.395. The van der Waals surface area contributed by atoms with Gasteiger partial charge in [-0.05, 0) is 36.8 Å². The molecule has 0 saturated heterocycles. The summed E-state index contributed by atoms with van der Waals surface area (Å²) in [4.78, 5) is 4.61. The van der Waals surface area contributed by atoms with Gasteiger partial charge in [-0.1, -0.05) is 17.4 Å². The van der Waals surface area contributed by atoms with E-state index in [1.54, 1.807) is 25.6 Å². The number of hydrogen-bond acceptors (Lipinski definition) is 5. The number of fused-ring (bicyclic) bond motifs is 1. The molecule has 0 unspecified atom stereocenters. The highest BCUT2D eigenvalue weighted by Crippen LogP contribution is 2.34. The van der Waals surface area contributed by atoms with Gasteiger partial charge in [0.25, 0.3) is 0 Å². The number of aromatic nitrogens is 1. The summed E-state index contributed by atoms with van der Waals surface area (Å²) in [5, 5.41) is 4.16. The molecule has 0 fully saturated rings. The first-order valence-corrected chi connectivity index (χ1v) is 7.37. The molecule has 2 aromatic carbocycles. The summed E-state index contributed by atoms with van der Waals surface area (Å²) in [7, 11) is 3.28. The minimum Gasteiger partial charge on any atom is -0.497 e. The van der Waals surface area contributed by atoms with Gasteiger partial charge in [0.15, 0.2) is 5.13 Å². The highest BCUT2D eigenvalue weighted by atomic mass is 32.1. The number of nitrogens with zero attached hydrogens (tertiary/aromatic N) is 1. The Hall–Kier alpha value is -2.27. The first kappa shape index (κ1) is 13.7. The van der Waals surface area contributed by atoms with Crippen LogP contribution in [0.3, 0.4) is 0 Å². The molecule has 108 valence electrons. The van der Waals surface area contributed by atoms with E-state index >= 15 is 0 Å². The van der Waals surface area contributed by atoms with Crippen LogP contribution in [0.15, 0.2) is 36.4 Å². The van der Waals surface area contributed by atoms with Crippen molar-refractivity contribution in [1.29, 1.82) is 0 Å². The largest absolute Gasteiger partial charge is 0.497 e. The van der Waals surface area contributed by atoms with E-state index in [2.05, 4.69) is 35.4 Å². The summed E-state index contributed by atoms with van der Waals surface area (Å²) in [6.07, 6.45) is 0. The molecule has 0 aliphatic heterocycles. The van der Waals surface area contributed by atoms with E-state index in [1.165, 1.54) is 5.56 Å². The molecule has 0 aliphatic rings. The summed E-state index contributed by atoms with van der Waals surface area (Å²) in [5.41, 5.74) is 3.09. The summed E-state index contributed by atoms with van der Waals surface area (Å²) in [6, 6.07) is 11.9. The second-order valence-electron chi connectivity index (χ2n) is 4.68. The van der Waals surface area contributed by atoms with Gasteiger partial charge >= 0.3 is 0 Å². The summed E-state index contributed by atoms with van der Waals surface area (Å²) < 4.78 is 11.8. The van der Waals surface area contributed by atoms with Gasteiger partial charge in [0, 0.05) is 6.07 Å². The molecule has 0 bridgehead atoms. The Labute approximate surface area is 127 Å². The van der Waals surface area contributed by atoms with Crippen LogP contribution in [0.4, 0.5) is 10.8 Å². The molecule has 0 radical (unpaired) electrons. The van der Waals surface area contributed by atoms with E-state index in [0.29, 0.717) is 0 Å². The third kappa shape index (κ3) is 2.78. The molecular weight excluding hydrogens is 284 g/mol. The first-order valence-electron chi connectivity index (χ1n) is 6.56. The third-order valence-electron chi connectivity index (χ3n) is 3.19. The number of thiazole rings is 1. The zero-order valence-electron chi connectivity index (χ0n) is 12.1. The predicted molar refractivity (Wildman–Crippen MR) is 87.2 cm³/mol. The number of aryl methyl sites for hydroxylation is 1. The van der Waals surface area contributed by atoms with Crippen LogP contribution in [0.25, 0.3) is 10.2 Å². The van der Waals surface area contributed by atoms with Crippen LogP contribution in [-0.4, -0.2) is 19.2 Å². The Morgan fingerprint density at radius 2 is 1.90 bits per heavy atom. The lowest BCUT2D eigenvalue weighted by Gasteiger charge is -2.10. The molecule has 21 heavy (non-hydrogen) atoms. The number of benzene rings is 2. The van der Waals surface area contributed by atoms with Gasteiger partial charge in [0.2, 0.25) is 0 Å². The van der Waals surface area contributed by atoms with Gasteiger partial charge in [-0.15, -0.1) is 0 Å². The number of nitrogens with one attached hydrogen (secondary N) is 1. The highest BCUT2D eigenvalue weighted by Gasteiger charge is 2.09. The molecular formula is C16H16N2O2S. The number of hydrogen-bond donors (Lipinski definition) is 1. The molecule has 3 aromatic rings. The fraction of sp³-hybridized carbons (Fsp3) is 0.188. The molecule has 1 heterocycles. The van der Waals surface area contributed by atoms with Crippen molar-refractivity contribution in [3.8, 4) is 11.5 Å². The monoisotopic (exact) mass is 300 g/mol. The van der Waals surface area contributed by atoms with Crippen molar-refractivity contribution in [3.63, 3.8) is 0 Å². The van der Waals surface area contributed by atoms with Crippen molar-refractivity contribution in [2.24, 2.45) is 0 Å². The van der Waals surface area contributed by atoms with E-state index in [-0.39, 0.29) is 0 Å². The highest BCUT2D eigenvalue weighted by molar-refractivity contribution is 7.22. The Kier molecular flexibility index (Phi) is 3.66. The van der Waals surface area contributed by atoms with Crippen LogP contribution >= 0.6 is 11.3 Å². The van der Waals surface area contributed by atoms with Crippen LogP contribution < -0.4 is 14.8 Å². The van der Waals surface area contributed by atoms with Gasteiger partial charge in [0.05, 0.1) is 30.1 Å². The topological polar surface area (TPSA) is 43.4 Å². The molecule has 0 saturated carbocycles. The number of ether oxygens (including phenoxy) is 2.